The number of carbonyl (C=O) groups excluding carboxylic acids is 1. The Morgan fingerprint density at radius 2 is 1.59 bits per heavy atom. The Morgan fingerprint density at radius 3 is 2.26 bits per heavy atom. The largest absolute Gasteiger partial charge is 0.492 e. The average Bonchev–Trinajstić information content (AvgIpc) is 3.20. The molecule has 4 aromatic rings. The summed E-state index contributed by atoms with van der Waals surface area (Å²) < 4.78 is 12.0. The fourth-order valence-electron chi connectivity index (χ4n) is 4.43. The summed E-state index contributed by atoms with van der Waals surface area (Å²) in [6.07, 6.45) is 0.614. The summed E-state index contributed by atoms with van der Waals surface area (Å²) in [7, 11) is 0. The number of para-hydroxylation sites is 1. The number of fused-ring (bicyclic) bond motifs is 1. The fraction of sp³-hybridized carbons (Fsp3) is 0.300. The van der Waals surface area contributed by atoms with Crippen LogP contribution in [0.5, 0.6) is 5.75 Å². The van der Waals surface area contributed by atoms with Crippen LogP contribution in [0.3, 0.4) is 0 Å². The van der Waals surface area contributed by atoms with Gasteiger partial charge in [0.1, 0.15) is 17.9 Å². The van der Waals surface area contributed by atoms with Gasteiger partial charge in [-0.05, 0) is 62.8 Å². The molecule has 0 aliphatic heterocycles. The number of hydrogen-bond acceptors (Lipinski definition) is 4. The fourth-order valence-corrected chi connectivity index (χ4v) is 4.43. The minimum Gasteiger partial charge on any atom is -0.492 e. The summed E-state index contributed by atoms with van der Waals surface area (Å²) in [4.78, 5) is 15.8. The molecule has 0 aliphatic rings. The molecule has 1 heterocycles. The van der Waals surface area contributed by atoms with Crippen LogP contribution in [0.2, 0.25) is 0 Å². The zero-order valence-electron chi connectivity index (χ0n) is 20.6. The van der Waals surface area contributed by atoms with Gasteiger partial charge in [0.05, 0.1) is 0 Å². The number of nitrogens with zero attached hydrogens (tertiary/aromatic N) is 1. The van der Waals surface area contributed by atoms with Gasteiger partial charge >= 0.3 is 0 Å². The van der Waals surface area contributed by atoms with Crippen molar-refractivity contribution in [3.63, 3.8) is 0 Å². The highest BCUT2D eigenvalue weighted by molar-refractivity contribution is 6.10. The van der Waals surface area contributed by atoms with E-state index in [1.165, 1.54) is 0 Å². The molecule has 0 unspecified atom stereocenters. The summed E-state index contributed by atoms with van der Waals surface area (Å²) in [6, 6.07) is 21.9. The molecule has 0 bridgehead atoms. The van der Waals surface area contributed by atoms with E-state index in [0.29, 0.717) is 24.4 Å². The normalized spacial score (nSPS) is 11.3. The maximum Gasteiger partial charge on any atom is 0.228 e. The van der Waals surface area contributed by atoms with Gasteiger partial charge in [0.2, 0.25) is 5.78 Å². The molecule has 0 aliphatic carbocycles. The molecule has 3 aromatic carbocycles. The molecule has 34 heavy (non-hydrogen) atoms. The van der Waals surface area contributed by atoms with Gasteiger partial charge in [-0.3, -0.25) is 4.79 Å². The van der Waals surface area contributed by atoms with E-state index in [1.807, 2.05) is 62.4 Å². The first kappa shape index (κ1) is 23.8. The molecule has 0 amide bonds. The van der Waals surface area contributed by atoms with Crippen molar-refractivity contribution in [2.24, 2.45) is 0 Å². The van der Waals surface area contributed by atoms with Crippen molar-refractivity contribution in [2.45, 2.75) is 34.1 Å². The predicted molar refractivity (Wildman–Crippen MR) is 138 cm³/mol. The molecule has 176 valence electrons. The second kappa shape index (κ2) is 10.7. The van der Waals surface area contributed by atoms with Gasteiger partial charge in [-0.25, -0.2) is 0 Å². The van der Waals surface area contributed by atoms with Crippen molar-refractivity contribution < 1.29 is 13.9 Å². The molecule has 0 fully saturated rings. The number of likely N-dealkylation sites (N-methyl/N-ethyl adjacent to an activating group) is 1. The van der Waals surface area contributed by atoms with Crippen molar-refractivity contribution in [1.29, 1.82) is 0 Å². The SMILES string of the molecule is CCN(CC)CCOc1ccc(Cc2c(C(=O)c3cc(C)cc(C)c3)oc3ccccc23)cc1. The molecule has 4 rings (SSSR count). The molecule has 0 saturated heterocycles. The quantitative estimate of drug-likeness (QED) is 0.253. The van der Waals surface area contributed by atoms with Gasteiger partial charge in [-0.2, -0.15) is 0 Å². The molecular formula is C30H33NO3. The Balaban J connectivity index is 1.58. The van der Waals surface area contributed by atoms with Gasteiger partial charge in [0.25, 0.3) is 0 Å². The molecule has 0 saturated carbocycles. The van der Waals surface area contributed by atoms with Crippen LogP contribution in [0.15, 0.2) is 71.1 Å². The molecule has 0 N–H and O–H groups in total. The van der Waals surface area contributed by atoms with E-state index in [2.05, 4.69) is 36.9 Å². The number of furan rings is 1. The molecular weight excluding hydrogens is 422 g/mol. The molecule has 0 spiro atoms. The summed E-state index contributed by atoms with van der Waals surface area (Å²) in [5, 5.41) is 0.981. The Kier molecular flexibility index (Phi) is 7.49. The average molecular weight is 456 g/mol. The van der Waals surface area contributed by atoms with Crippen molar-refractivity contribution >= 4 is 16.8 Å². The minimum atomic E-state index is -0.0747. The van der Waals surface area contributed by atoms with Crippen LogP contribution in [0.1, 0.15) is 52.2 Å². The van der Waals surface area contributed by atoms with E-state index >= 15 is 0 Å². The third kappa shape index (κ3) is 5.40. The Hall–Kier alpha value is -3.37. The zero-order chi connectivity index (χ0) is 24.1. The highest BCUT2D eigenvalue weighted by Gasteiger charge is 2.22. The van der Waals surface area contributed by atoms with Gasteiger partial charge in [-0.1, -0.05) is 61.4 Å². The Labute approximate surface area is 202 Å². The summed E-state index contributed by atoms with van der Waals surface area (Å²) in [5.74, 6) is 1.21. The maximum absolute atomic E-state index is 13.5. The topological polar surface area (TPSA) is 42.7 Å². The number of carbonyl (C=O) groups is 1. The monoisotopic (exact) mass is 455 g/mol. The first-order valence-corrected chi connectivity index (χ1v) is 12.1. The van der Waals surface area contributed by atoms with Crippen LogP contribution in [0.25, 0.3) is 11.0 Å². The first-order chi connectivity index (χ1) is 16.5. The standard InChI is InChI=1S/C30H33NO3/c1-5-31(6-2)15-16-33-25-13-11-23(12-14-25)20-27-26-9-7-8-10-28(26)34-30(27)29(32)24-18-21(3)17-22(4)19-24/h7-14,17-19H,5-6,15-16,20H2,1-4H3. The molecule has 4 heteroatoms. The van der Waals surface area contributed by atoms with Gasteiger partial charge in [0, 0.05) is 29.5 Å². The zero-order valence-corrected chi connectivity index (χ0v) is 20.6. The summed E-state index contributed by atoms with van der Waals surface area (Å²) in [6.45, 7) is 12.0. The van der Waals surface area contributed by atoms with Crippen molar-refractivity contribution in [3.05, 3.63) is 100 Å². The van der Waals surface area contributed by atoms with Gasteiger partial charge in [0.15, 0.2) is 5.76 Å². The first-order valence-electron chi connectivity index (χ1n) is 12.1. The van der Waals surface area contributed by atoms with Gasteiger partial charge in [-0.15, -0.1) is 0 Å². The second-order valence-electron chi connectivity index (χ2n) is 8.81. The summed E-state index contributed by atoms with van der Waals surface area (Å²) >= 11 is 0. The smallest absolute Gasteiger partial charge is 0.228 e. The van der Waals surface area contributed by atoms with Crippen LogP contribution in [-0.4, -0.2) is 36.9 Å². The van der Waals surface area contributed by atoms with Gasteiger partial charge < -0.3 is 14.1 Å². The molecule has 1 aromatic heterocycles. The maximum atomic E-state index is 13.5. The lowest BCUT2D eigenvalue weighted by Gasteiger charge is -2.18. The second-order valence-corrected chi connectivity index (χ2v) is 8.81. The predicted octanol–water partition coefficient (Wildman–Crippen LogP) is 6.59. The van der Waals surface area contributed by atoms with Crippen molar-refractivity contribution in [1.82, 2.24) is 4.90 Å². The Morgan fingerprint density at radius 1 is 0.912 bits per heavy atom. The number of benzene rings is 3. The number of hydrogen-bond donors (Lipinski definition) is 0. The number of aryl methyl sites for hydroxylation is 2. The van der Waals surface area contributed by atoms with E-state index < -0.39 is 0 Å². The number of rotatable bonds is 10. The molecule has 0 atom stereocenters. The van der Waals surface area contributed by atoms with E-state index in [4.69, 9.17) is 9.15 Å². The highest BCUT2D eigenvalue weighted by Crippen LogP contribution is 2.30. The third-order valence-electron chi connectivity index (χ3n) is 6.26. The number of ketones is 1. The van der Waals surface area contributed by atoms with E-state index in [1.54, 1.807) is 0 Å². The van der Waals surface area contributed by atoms with Crippen molar-refractivity contribution in [2.75, 3.05) is 26.2 Å². The lowest BCUT2D eigenvalue weighted by Crippen LogP contribution is -2.27. The van der Waals surface area contributed by atoms with Crippen molar-refractivity contribution in [3.8, 4) is 5.75 Å². The van der Waals surface area contributed by atoms with E-state index in [0.717, 1.165) is 58.6 Å². The minimum absolute atomic E-state index is 0.0747. The van der Waals surface area contributed by atoms with Crippen LogP contribution in [0.4, 0.5) is 0 Å². The highest BCUT2D eigenvalue weighted by atomic mass is 16.5. The van der Waals surface area contributed by atoms with E-state index in [9.17, 15) is 4.79 Å². The lowest BCUT2D eigenvalue weighted by atomic mass is 9.96. The van der Waals surface area contributed by atoms with Crippen LogP contribution >= 0.6 is 0 Å². The molecule has 4 nitrogen and oxygen atoms in total. The summed E-state index contributed by atoms with van der Waals surface area (Å²) in [5.41, 5.74) is 5.57. The number of ether oxygens (including phenoxy) is 1. The van der Waals surface area contributed by atoms with Crippen LogP contribution in [0, 0.1) is 13.8 Å². The molecule has 0 radical (unpaired) electrons. The lowest BCUT2D eigenvalue weighted by molar-refractivity contribution is 0.101. The Bertz CT molecular complexity index is 1250. The van der Waals surface area contributed by atoms with E-state index in [-0.39, 0.29) is 5.78 Å². The third-order valence-corrected chi connectivity index (χ3v) is 6.26. The van der Waals surface area contributed by atoms with Crippen LogP contribution < -0.4 is 4.74 Å². The van der Waals surface area contributed by atoms with Crippen LogP contribution in [-0.2, 0) is 6.42 Å².